The van der Waals surface area contributed by atoms with Crippen LogP contribution in [-0.4, -0.2) is 0 Å². The molecule has 35 heavy (non-hydrogen) atoms. The van der Waals surface area contributed by atoms with Gasteiger partial charge in [-0.05, 0) is 88.9 Å². The molecule has 6 rings (SSSR count). The smallest absolute Gasteiger partial charge is 0.0210 e. The van der Waals surface area contributed by atoms with Crippen molar-refractivity contribution >= 4 is 11.6 Å². The molecule has 0 unspecified atom stereocenters. The number of hydrogen-bond acceptors (Lipinski definition) is 0. The van der Waals surface area contributed by atoms with Crippen LogP contribution in [0.1, 0.15) is 56.0 Å². The lowest BCUT2D eigenvalue weighted by molar-refractivity contribution is 1.03. The molecule has 0 amide bonds. The van der Waals surface area contributed by atoms with Crippen LogP contribution in [0.2, 0.25) is 0 Å². The maximum Gasteiger partial charge on any atom is 0.0210 e. The average Bonchev–Trinajstić information content (AvgIpc) is 3.50. The quantitative estimate of drug-likeness (QED) is 0.240. The summed E-state index contributed by atoms with van der Waals surface area (Å²) in [5.41, 5.74) is 16.2. The van der Waals surface area contributed by atoms with Crippen molar-refractivity contribution in [1.29, 1.82) is 0 Å². The highest BCUT2D eigenvalue weighted by Crippen LogP contribution is 2.43. The standard InChI is InChI=1S/C35H30/c1-23-8-6-12-28(18-23)33(29-13-7-9-24(2)19-29)21-26-15-17-31-30(20-26)22-34-32(31)16-14-25(3)35(34)27-10-4-5-11-27/h4-21,27H,22H2,1-3H3. The zero-order valence-electron chi connectivity index (χ0n) is 20.7. The highest BCUT2D eigenvalue weighted by Gasteiger charge is 2.25. The first-order valence-corrected chi connectivity index (χ1v) is 12.5. The van der Waals surface area contributed by atoms with Gasteiger partial charge in [-0.15, -0.1) is 0 Å². The molecule has 0 bridgehead atoms. The topological polar surface area (TPSA) is 0 Å². The first kappa shape index (κ1) is 21.6. The van der Waals surface area contributed by atoms with Gasteiger partial charge in [0, 0.05) is 5.92 Å². The minimum Gasteiger partial charge on any atom is -0.0732 e. The molecule has 0 saturated heterocycles. The lowest BCUT2D eigenvalue weighted by Gasteiger charge is -2.16. The second-order valence-electron chi connectivity index (χ2n) is 10.0. The van der Waals surface area contributed by atoms with Crippen LogP contribution < -0.4 is 0 Å². The summed E-state index contributed by atoms with van der Waals surface area (Å²) in [6.07, 6.45) is 12.3. The predicted molar refractivity (Wildman–Crippen MR) is 150 cm³/mol. The number of benzene rings is 4. The van der Waals surface area contributed by atoms with E-state index < -0.39 is 0 Å². The molecule has 4 aromatic carbocycles. The fourth-order valence-corrected chi connectivity index (χ4v) is 5.74. The Kier molecular flexibility index (Phi) is 5.38. The minimum atomic E-state index is 0.396. The Morgan fingerprint density at radius 1 is 0.714 bits per heavy atom. The molecule has 0 fully saturated rings. The summed E-state index contributed by atoms with van der Waals surface area (Å²) >= 11 is 0. The summed E-state index contributed by atoms with van der Waals surface area (Å²) in [5.74, 6) is 0.396. The highest BCUT2D eigenvalue weighted by molar-refractivity contribution is 5.92. The van der Waals surface area contributed by atoms with E-state index in [4.69, 9.17) is 0 Å². The molecule has 0 saturated carbocycles. The molecule has 0 heterocycles. The minimum absolute atomic E-state index is 0.396. The van der Waals surface area contributed by atoms with E-state index in [1.165, 1.54) is 66.8 Å². The molecule has 0 spiro atoms. The molecule has 0 aromatic heterocycles. The Bertz CT molecular complexity index is 1480. The second-order valence-corrected chi connectivity index (χ2v) is 10.0. The van der Waals surface area contributed by atoms with Crippen LogP contribution in [0, 0.1) is 20.8 Å². The van der Waals surface area contributed by atoms with Crippen LogP contribution in [-0.2, 0) is 6.42 Å². The van der Waals surface area contributed by atoms with E-state index in [1.54, 1.807) is 0 Å². The molecular weight excluding hydrogens is 420 g/mol. The Labute approximate surface area is 209 Å². The van der Waals surface area contributed by atoms with Gasteiger partial charge in [-0.2, -0.15) is 0 Å². The fraction of sp³-hybridized carbons (Fsp3) is 0.143. The third-order valence-electron chi connectivity index (χ3n) is 7.41. The van der Waals surface area contributed by atoms with Gasteiger partial charge in [-0.25, -0.2) is 0 Å². The van der Waals surface area contributed by atoms with E-state index in [2.05, 4.69) is 130 Å². The first-order valence-electron chi connectivity index (χ1n) is 12.5. The number of aryl methyl sites for hydroxylation is 3. The van der Waals surface area contributed by atoms with Crippen LogP contribution in [0.15, 0.2) is 103 Å². The van der Waals surface area contributed by atoms with Crippen molar-refractivity contribution in [3.63, 3.8) is 0 Å². The summed E-state index contributed by atoms with van der Waals surface area (Å²) in [6, 6.07) is 29.3. The normalized spacial score (nSPS) is 13.7. The maximum absolute atomic E-state index is 2.40. The van der Waals surface area contributed by atoms with Crippen molar-refractivity contribution in [2.45, 2.75) is 33.1 Å². The van der Waals surface area contributed by atoms with E-state index >= 15 is 0 Å². The third-order valence-corrected chi connectivity index (χ3v) is 7.41. The predicted octanol–water partition coefficient (Wildman–Crippen LogP) is 8.98. The van der Waals surface area contributed by atoms with Gasteiger partial charge in [0.15, 0.2) is 0 Å². The molecule has 0 nitrogen and oxygen atoms in total. The number of rotatable bonds is 4. The van der Waals surface area contributed by atoms with E-state index in [1.807, 2.05) is 0 Å². The van der Waals surface area contributed by atoms with Crippen LogP contribution in [0.25, 0.3) is 22.8 Å². The van der Waals surface area contributed by atoms with Gasteiger partial charge in [0.25, 0.3) is 0 Å². The summed E-state index contributed by atoms with van der Waals surface area (Å²) in [6.45, 7) is 6.58. The zero-order chi connectivity index (χ0) is 23.9. The molecular formula is C35H30. The Balaban J connectivity index is 1.44. The van der Waals surface area contributed by atoms with E-state index in [0.29, 0.717) is 5.92 Å². The van der Waals surface area contributed by atoms with E-state index in [9.17, 15) is 0 Å². The van der Waals surface area contributed by atoms with E-state index in [-0.39, 0.29) is 0 Å². The summed E-state index contributed by atoms with van der Waals surface area (Å²) in [4.78, 5) is 0. The molecule has 0 radical (unpaired) electrons. The van der Waals surface area contributed by atoms with Crippen molar-refractivity contribution in [1.82, 2.24) is 0 Å². The van der Waals surface area contributed by atoms with Crippen LogP contribution in [0.4, 0.5) is 0 Å². The second kappa shape index (κ2) is 8.71. The van der Waals surface area contributed by atoms with Gasteiger partial charge in [-0.3, -0.25) is 0 Å². The summed E-state index contributed by atoms with van der Waals surface area (Å²) in [5, 5.41) is 0. The zero-order valence-corrected chi connectivity index (χ0v) is 20.7. The summed E-state index contributed by atoms with van der Waals surface area (Å²) in [7, 11) is 0. The van der Waals surface area contributed by atoms with Gasteiger partial charge in [-0.1, -0.05) is 114 Å². The average molecular weight is 451 g/mol. The van der Waals surface area contributed by atoms with E-state index in [0.717, 1.165) is 6.42 Å². The van der Waals surface area contributed by atoms with Crippen LogP contribution in [0.5, 0.6) is 0 Å². The van der Waals surface area contributed by atoms with Gasteiger partial charge in [0.1, 0.15) is 0 Å². The monoisotopic (exact) mass is 450 g/mol. The lowest BCUT2D eigenvalue weighted by Crippen LogP contribution is -1.99. The number of allylic oxidation sites excluding steroid dienone is 4. The van der Waals surface area contributed by atoms with Crippen molar-refractivity contribution in [2.75, 3.05) is 0 Å². The third kappa shape index (κ3) is 4.00. The SMILES string of the molecule is Cc1cccc(C(=Cc2ccc3c(c2)Cc2c-3ccc(C)c2C2C=CC=C2)c2cccc(C)c2)c1. The Hall–Kier alpha value is -3.90. The number of hydrogen-bond donors (Lipinski definition) is 0. The molecule has 2 aliphatic rings. The Morgan fingerprint density at radius 3 is 2.03 bits per heavy atom. The van der Waals surface area contributed by atoms with Gasteiger partial charge in [0.05, 0.1) is 0 Å². The molecule has 0 aliphatic heterocycles. The van der Waals surface area contributed by atoms with Crippen molar-refractivity contribution in [3.05, 3.63) is 153 Å². The largest absolute Gasteiger partial charge is 0.0732 e. The number of fused-ring (bicyclic) bond motifs is 3. The molecule has 170 valence electrons. The van der Waals surface area contributed by atoms with Crippen molar-refractivity contribution < 1.29 is 0 Å². The highest BCUT2D eigenvalue weighted by atomic mass is 14.3. The molecule has 0 N–H and O–H groups in total. The fourth-order valence-electron chi connectivity index (χ4n) is 5.74. The first-order chi connectivity index (χ1) is 17.1. The summed E-state index contributed by atoms with van der Waals surface area (Å²) < 4.78 is 0. The maximum atomic E-state index is 2.40. The van der Waals surface area contributed by atoms with Gasteiger partial charge >= 0.3 is 0 Å². The van der Waals surface area contributed by atoms with Crippen LogP contribution in [0.3, 0.4) is 0 Å². The molecule has 0 heteroatoms. The van der Waals surface area contributed by atoms with Gasteiger partial charge < -0.3 is 0 Å². The van der Waals surface area contributed by atoms with Crippen LogP contribution >= 0.6 is 0 Å². The molecule has 2 aliphatic carbocycles. The van der Waals surface area contributed by atoms with Crippen molar-refractivity contribution in [2.24, 2.45) is 0 Å². The molecule has 0 atom stereocenters. The van der Waals surface area contributed by atoms with Crippen molar-refractivity contribution in [3.8, 4) is 11.1 Å². The lowest BCUT2D eigenvalue weighted by atomic mass is 9.88. The Morgan fingerprint density at radius 2 is 1.37 bits per heavy atom. The molecule has 4 aromatic rings. The van der Waals surface area contributed by atoms with Gasteiger partial charge in [0.2, 0.25) is 0 Å².